The number of alkyl halides is 2. The van der Waals surface area contributed by atoms with Gasteiger partial charge in [0.1, 0.15) is 0 Å². The van der Waals surface area contributed by atoms with Gasteiger partial charge >= 0.3 is 6.55 Å². The summed E-state index contributed by atoms with van der Waals surface area (Å²) in [5.41, 5.74) is 0.339. The lowest BCUT2D eigenvalue weighted by Crippen LogP contribution is -2.41. The molecule has 3 heterocycles. The summed E-state index contributed by atoms with van der Waals surface area (Å²) in [6.07, 6.45) is 2.27. The van der Waals surface area contributed by atoms with Crippen LogP contribution in [0.25, 0.3) is 22.3 Å². The number of benzene rings is 1. The molecule has 0 spiro atoms. The number of hydrogen-bond donors (Lipinski definition) is 1. The molecule has 0 saturated carbocycles. The maximum absolute atomic E-state index is 13.3. The van der Waals surface area contributed by atoms with Crippen molar-refractivity contribution >= 4 is 16.8 Å². The molecule has 6 nitrogen and oxygen atoms in total. The molecule has 25 heavy (non-hydrogen) atoms. The Morgan fingerprint density at radius 2 is 2.16 bits per heavy atom. The van der Waals surface area contributed by atoms with Gasteiger partial charge in [0.2, 0.25) is 17.6 Å². The number of halogens is 2. The van der Waals surface area contributed by atoms with Crippen molar-refractivity contribution < 1.29 is 18.1 Å². The predicted molar refractivity (Wildman–Crippen MR) is 86.1 cm³/mol. The van der Waals surface area contributed by atoms with Crippen LogP contribution in [0.3, 0.4) is 0 Å². The molecule has 1 aromatic carbocycles. The first-order valence-electron chi connectivity index (χ1n) is 7.97. The van der Waals surface area contributed by atoms with Crippen molar-refractivity contribution in [2.45, 2.75) is 31.7 Å². The Balaban J connectivity index is 1.78. The summed E-state index contributed by atoms with van der Waals surface area (Å²) in [5.74, 6) is 0.534. The maximum atomic E-state index is 13.3. The van der Waals surface area contributed by atoms with E-state index in [0.717, 1.165) is 4.57 Å². The third-order valence-electron chi connectivity index (χ3n) is 4.68. The van der Waals surface area contributed by atoms with Crippen LogP contribution >= 0.6 is 0 Å². The summed E-state index contributed by atoms with van der Waals surface area (Å²) < 4.78 is 32.8. The van der Waals surface area contributed by atoms with Gasteiger partial charge in [-0.1, -0.05) is 30.3 Å². The number of hydrogen-bond acceptors (Lipinski definition) is 4. The zero-order valence-corrected chi connectivity index (χ0v) is 13.5. The average molecular weight is 346 g/mol. The highest BCUT2D eigenvalue weighted by Gasteiger charge is 2.38. The Morgan fingerprint density at radius 1 is 1.36 bits per heavy atom. The number of fused-ring (bicyclic) bond motifs is 1. The maximum Gasteiger partial charge on any atom is 0.319 e. The zero-order valence-electron chi connectivity index (χ0n) is 13.5. The quantitative estimate of drug-likeness (QED) is 0.790. The normalized spacial score (nSPS) is 21.0. The SMILES string of the molecule is CC1(c2nc(-c3cn(C(F)F)c4ccccc34)no2)CCNC(=O)C1. The molecule has 2 aromatic heterocycles. The van der Waals surface area contributed by atoms with E-state index in [1.54, 1.807) is 24.3 Å². The van der Waals surface area contributed by atoms with Crippen LogP contribution in [-0.2, 0) is 10.2 Å². The number of carbonyl (C=O) groups is 1. The van der Waals surface area contributed by atoms with Crippen molar-refractivity contribution in [2.75, 3.05) is 6.54 Å². The highest BCUT2D eigenvalue weighted by molar-refractivity contribution is 5.94. The Hall–Kier alpha value is -2.77. The van der Waals surface area contributed by atoms with Gasteiger partial charge in [-0.05, 0) is 12.5 Å². The van der Waals surface area contributed by atoms with Crippen molar-refractivity contribution in [2.24, 2.45) is 0 Å². The van der Waals surface area contributed by atoms with Gasteiger partial charge in [-0.15, -0.1) is 0 Å². The molecule has 1 aliphatic heterocycles. The summed E-state index contributed by atoms with van der Waals surface area (Å²) in [6, 6.07) is 6.85. The molecule has 3 aromatic rings. The van der Waals surface area contributed by atoms with Gasteiger partial charge in [-0.25, -0.2) is 0 Å². The fourth-order valence-electron chi connectivity index (χ4n) is 3.29. The van der Waals surface area contributed by atoms with E-state index in [2.05, 4.69) is 15.5 Å². The molecule has 0 radical (unpaired) electrons. The highest BCUT2D eigenvalue weighted by Crippen LogP contribution is 2.36. The van der Waals surface area contributed by atoms with E-state index in [0.29, 0.717) is 35.3 Å². The average Bonchev–Trinajstić information content (AvgIpc) is 3.19. The van der Waals surface area contributed by atoms with Gasteiger partial charge in [0.15, 0.2) is 0 Å². The van der Waals surface area contributed by atoms with Crippen LogP contribution in [0.15, 0.2) is 35.0 Å². The second-order valence-electron chi connectivity index (χ2n) is 6.51. The number of nitrogens with zero attached hydrogens (tertiary/aromatic N) is 3. The topological polar surface area (TPSA) is 73.0 Å². The smallest absolute Gasteiger partial charge is 0.319 e. The molecule has 8 heteroatoms. The molecule has 1 saturated heterocycles. The van der Waals surface area contributed by atoms with Crippen LogP contribution in [0.4, 0.5) is 8.78 Å². The zero-order chi connectivity index (χ0) is 17.6. The van der Waals surface area contributed by atoms with Crippen molar-refractivity contribution in [1.82, 2.24) is 20.0 Å². The predicted octanol–water partition coefficient (Wildman–Crippen LogP) is 3.25. The number of carbonyl (C=O) groups excluding carboxylic acids is 1. The molecule has 1 N–H and O–H groups in total. The van der Waals surface area contributed by atoms with Crippen molar-refractivity contribution in [1.29, 1.82) is 0 Å². The fourth-order valence-corrected chi connectivity index (χ4v) is 3.29. The second kappa shape index (κ2) is 5.65. The standard InChI is InChI=1S/C17H16F2N4O2/c1-17(6-7-20-13(24)8-17)15-21-14(22-25-15)11-9-23(16(18)19)12-5-3-2-4-10(11)12/h2-5,9,16H,6-8H2,1H3,(H,20,24). The monoisotopic (exact) mass is 346 g/mol. The van der Waals surface area contributed by atoms with Crippen LogP contribution in [0.1, 0.15) is 32.2 Å². The van der Waals surface area contributed by atoms with Gasteiger partial charge in [-0.2, -0.15) is 13.8 Å². The summed E-state index contributed by atoms with van der Waals surface area (Å²) >= 11 is 0. The molecule has 0 aliphatic carbocycles. The van der Waals surface area contributed by atoms with Crippen LogP contribution in [-0.4, -0.2) is 27.2 Å². The lowest BCUT2D eigenvalue weighted by Gasteiger charge is -2.29. The fraction of sp³-hybridized carbons (Fsp3) is 0.353. The van der Waals surface area contributed by atoms with Gasteiger partial charge in [0.25, 0.3) is 0 Å². The van der Waals surface area contributed by atoms with E-state index in [1.165, 1.54) is 6.20 Å². The molecule has 130 valence electrons. The Morgan fingerprint density at radius 3 is 2.92 bits per heavy atom. The minimum Gasteiger partial charge on any atom is -0.356 e. The largest absolute Gasteiger partial charge is 0.356 e. The number of piperidine rings is 1. The lowest BCUT2D eigenvalue weighted by molar-refractivity contribution is -0.124. The molecule has 1 amide bonds. The van der Waals surface area contributed by atoms with Crippen LogP contribution in [0, 0.1) is 0 Å². The van der Waals surface area contributed by atoms with E-state index < -0.39 is 12.0 Å². The second-order valence-corrected chi connectivity index (χ2v) is 6.51. The number of para-hydroxylation sites is 1. The highest BCUT2D eigenvalue weighted by atomic mass is 19.3. The Kier molecular flexibility index (Phi) is 3.55. The van der Waals surface area contributed by atoms with E-state index in [1.807, 2.05) is 6.92 Å². The van der Waals surface area contributed by atoms with Gasteiger partial charge < -0.3 is 9.84 Å². The number of rotatable bonds is 3. The summed E-state index contributed by atoms with van der Waals surface area (Å²) in [4.78, 5) is 16.1. The molecular formula is C17H16F2N4O2. The van der Waals surface area contributed by atoms with Crippen LogP contribution in [0.2, 0.25) is 0 Å². The summed E-state index contributed by atoms with van der Waals surface area (Å²) in [5, 5.41) is 7.38. The van der Waals surface area contributed by atoms with Crippen LogP contribution in [0.5, 0.6) is 0 Å². The molecule has 1 unspecified atom stereocenters. The van der Waals surface area contributed by atoms with E-state index in [9.17, 15) is 13.6 Å². The van der Waals surface area contributed by atoms with E-state index in [-0.39, 0.29) is 18.2 Å². The van der Waals surface area contributed by atoms with Crippen molar-refractivity contribution in [3.05, 3.63) is 36.4 Å². The molecule has 0 bridgehead atoms. The molecule has 4 rings (SSSR count). The van der Waals surface area contributed by atoms with Crippen molar-refractivity contribution in [3.63, 3.8) is 0 Å². The van der Waals surface area contributed by atoms with Gasteiger partial charge in [0.05, 0.1) is 10.9 Å². The first-order valence-corrected chi connectivity index (χ1v) is 7.97. The van der Waals surface area contributed by atoms with Gasteiger partial charge in [-0.3, -0.25) is 9.36 Å². The Labute approximate surface area is 141 Å². The van der Waals surface area contributed by atoms with E-state index >= 15 is 0 Å². The number of amides is 1. The van der Waals surface area contributed by atoms with E-state index in [4.69, 9.17) is 4.52 Å². The molecular weight excluding hydrogens is 330 g/mol. The first-order chi connectivity index (χ1) is 12.0. The molecule has 1 atom stereocenters. The summed E-state index contributed by atoms with van der Waals surface area (Å²) in [6.45, 7) is -0.229. The third kappa shape index (κ3) is 2.57. The van der Waals surface area contributed by atoms with Gasteiger partial charge in [0, 0.05) is 30.1 Å². The number of aromatic nitrogens is 3. The lowest BCUT2D eigenvalue weighted by atomic mass is 9.80. The van der Waals surface area contributed by atoms with Crippen LogP contribution < -0.4 is 5.32 Å². The summed E-state index contributed by atoms with van der Waals surface area (Å²) in [7, 11) is 0. The minimum atomic E-state index is -2.66. The number of nitrogens with one attached hydrogen (secondary N) is 1. The Bertz CT molecular complexity index is 949. The first kappa shape index (κ1) is 15.7. The van der Waals surface area contributed by atoms with Crippen molar-refractivity contribution in [3.8, 4) is 11.4 Å². The third-order valence-corrected chi connectivity index (χ3v) is 4.68. The minimum absolute atomic E-state index is 0.0668. The molecule has 1 aliphatic rings. The molecule has 1 fully saturated rings.